The second kappa shape index (κ2) is 11.8. The summed E-state index contributed by atoms with van der Waals surface area (Å²) in [7, 11) is 0. The number of hydrogen-bond donors (Lipinski definition) is 0. The fraction of sp³-hybridized carbons (Fsp3) is 0.0714. The van der Waals surface area contributed by atoms with E-state index < -0.39 is 9.85 Å². The number of imidazole rings is 2. The standard InChI is InChI=1S/2C14H11N3O2.H2O/c2*18-17(19)12-7-5-11(6-8-12)9-16-10-15-13-3-1-2-4-14(13)16;/h2*1-8,10H,9H2;1H2. The molecule has 0 bridgehead atoms. The lowest BCUT2D eigenvalue weighted by atomic mass is 10.2. The Balaban J connectivity index is 0.000000176. The van der Waals surface area contributed by atoms with Crippen molar-refractivity contribution in [3.63, 3.8) is 0 Å². The van der Waals surface area contributed by atoms with Gasteiger partial charge in [-0.25, -0.2) is 9.97 Å². The average molecular weight is 525 g/mol. The van der Waals surface area contributed by atoms with Gasteiger partial charge in [-0.3, -0.25) is 20.2 Å². The van der Waals surface area contributed by atoms with Gasteiger partial charge in [0, 0.05) is 37.4 Å². The van der Waals surface area contributed by atoms with Crippen LogP contribution in [0.3, 0.4) is 0 Å². The lowest BCUT2D eigenvalue weighted by Crippen LogP contribution is -1.98. The summed E-state index contributed by atoms with van der Waals surface area (Å²) in [6.07, 6.45) is 3.57. The lowest BCUT2D eigenvalue weighted by Gasteiger charge is -2.04. The van der Waals surface area contributed by atoms with Crippen LogP contribution in [0.2, 0.25) is 0 Å². The summed E-state index contributed by atoms with van der Waals surface area (Å²) in [4.78, 5) is 29.0. The molecule has 39 heavy (non-hydrogen) atoms. The van der Waals surface area contributed by atoms with Gasteiger partial charge in [0.2, 0.25) is 0 Å². The van der Waals surface area contributed by atoms with Crippen molar-refractivity contribution in [1.29, 1.82) is 0 Å². The molecule has 2 heterocycles. The molecule has 0 aliphatic carbocycles. The van der Waals surface area contributed by atoms with Crippen LogP contribution in [0.15, 0.2) is 110 Å². The number of nitro groups is 2. The molecule has 0 saturated heterocycles. The predicted molar refractivity (Wildman–Crippen MR) is 147 cm³/mol. The van der Waals surface area contributed by atoms with Gasteiger partial charge in [-0.1, -0.05) is 48.5 Å². The summed E-state index contributed by atoms with van der Waals surface area (Å²) < 4.78 is 4.05. The van der Waals surface area contributed by atoms with Crippen LogP contribution in [0, 0.1) is 20.2 Å². The van der Waals surface area contributed by atoms with E-state index >= 15 is 0 Å². The van der Waals surface area contributed by atoms with Crippen LogP contribution in [0.25, 0.3) is 22.1 Å². The first-order chi connectivity index (χ1) is 18.5. The smallest absolute Gasteiger partial charge is 0.269 e. The summed E-state index contributed by atoms with van der Waals surface area (Å²) in [6.45, 7) is 1.30. The highest BCUT2D eigenvalue weighted by molar-refractivity contribution is 5.75. The third-order valence-corrected chi connectivity index (χ3v) is 6.05. The van der Waals surface area contributed by atoms with Crippen molar-refractivity contribution in [3.05, 3.63) is 141 Å². The molecular formula is C28H24N6O5. The molecule has 11 nitrogen and oxygen atoms in total. The van der Waals surface area contributed by atoms with Crippen molar-refractivity contribution in [2.24, 2.45) is 0 Å². The van der Waals surface area contributed by atoms with E-state index in [2.05, 4.69) is 9.97 Å². The normalized spacial score (nSPS) is 10.5. The first-order valence-corrected chi connectivity index (χ1v) is 11.7. The number of hydrogen-bond acceptors (Lipinski definition) is 6. The predicted octanol–water partition coefficient (Wildman–Crippen LogP) is 5.16. The number of aromatic nitrogens is 4. The minimum Gasteiger partial charge on any atom is -0.412 e. The summed E-state index contributed by atoms with van der Waals surface area (Å²) in [5.74, 6) is 0. The largest absolute Gasteiger partial charge is 0.412 e. The van der Waals surface area contributed by atoms with Crippen LogP contribution < -0.4 is 0 Å². The highest BCUT2D eigenvalue weighted by atomic mass is 16.6. The number of nitro benzene ring substituents is 2. The van der Waals surface area contributed by atoms with Gasteiger partial charge in [0.25, 0.3) is 11.4 Å². The van der Waals surface area contributed by atoms with E-state index in [1.807, 2.05) is 57.7 Å². The summed E-state index contributed by atoms with van der Waals surface area (Å²) in [5, 5.41) is 21.2. The SMILES string of the molecule is O.O=[N+]([O-])c1ccc(Cn2cnc3ccccc32)cc1.O=[N+]([O-])c1ccc(Cn2cnc3ccccc32)cc1. The van der Waals surface area contributed by atoms with Gasteiger partial charge in [-0.05, 0) is 35.4 Å². The van der Waals surface area contributed by atoms with Gasteiger partial charge >= 0.3 is 0 Å². The van der Waals surface area contributed by atoms with E-state index in [0.717, 1.165) is 33.2 Å². The highest BCUT2D eigenvalue weighted by Crippen LogP contribution is 2.18. The molecule has 0 amide bonds. The van der Waals surface area contributed by atoms with E-state index in [0.29, 0.717) is 13.1 Å². The Morgan fingerprint density at radius 3 is 1.28 bits per heavy atom. The third-order valence-electron chi connectivity index (χ3n) is 6.05. The molecule has 6 rings (SSSR count). The second-order valence-electron chi connectivity index (χ2n) is 8.57. The molecule has 0 unspecified atom stereocenters. The molecule has 6 aromatic rings. The summed E-state index contributed by atoms with van der Waals surface area (Å²) in [6, 6.07) is 28.9. The monoisotopic (exact) mass is 524 g/mol. The van der Waals surface area contributed by atoms with Crippen molar-refractivity contribution in [1.82, 2.24) is 19.1 Å². The van der Waals surface area contributed by atoms with Crippen LogP contribution in [0.4, 0.5) is 11.4 Å². The number of para-hydroxylation sites is 4. The van der Waals surface area contributed by atoms with Crippen molar-refractivity contribution in [3.8, 4) is 0 Å². The number of rotatable bonds is 6. The number of benzene rings is 4. The molecule has 0 atom stereocenters. The fourth-order valence-electron chi connectivity index (χ4n) is 4.11. The molecule has 0 aliphatic rings. The van der Waals surface area contributed by atoms with Crippen molar-refractivity contribution in [2.45, 2.75) is 13.1 Å². The Bertz CT molecular complexity index is 1600. The Morgan fingerprint density at radius 1 is 0.564 bits per heavy atom. The van der Waals surface area contributed by atoms with Gasteiger partial charge in [-0.2, -0.15) is 0 Å². The van der Waals surface area contributed by atoms with Gasteiger partial charge in [0.15, 0.2) is 0 Å². The fourth-order valence-corrected chi connectivity index (χ4v) is 4.11. The maximum Gasteiger partial charge on any atom is 0.269 e. The first kappa shape index (κ1) is 26.6. The van der Waals surface area contributed by atoms with Crippen molar-refractivity contribution >= 4 is 33.4 Å². The second-order valence-corrected chi connectivity index (χ2v) is 8.57. The summed E-state index contributed by atoms with van der Waals surface area (Å²) >= 11 is 0. The van der Waals surface area contributed by atoms with E-state index in [1.165, 1.54) is 24.3 Å². The highest BCUT2D eigenvalue weighted by Gasteiger charge is 2.07. The maximum atomic E-state index is 10.6. The molecule has 0 aliphatic heterocycles. The van der Waals surface area contributed by atoms with E-state index in [4.69, 9.17) is 0 Å². The Kier molecular flexibility index (Phi) is 8.03. The van der Waals surface area contributed by atoms with Crippen LogP contribution in [-0.2, 0) is 13.1 Å². The van der Waals surface area contributed by atoms with E-state index in [1.54, 1.807) is 36.9 Å². The number of fused-ring (bicyclic) bond motifs is 2. The molecule has 2 N–H and O–H groups in total. The van der Waals surface area contributed by atoms with E-state index in [9.17, 15) is 20.2 Å². The maximum absolute atomic E-state index is 10.6. The summed E-state index contributed by atoms with van der Waals surface area (Å²) in [5.41, 5.74) is 6.25. The Labute approximate surface area is 222 Å². The molecule has 4 aromatic carbocycles. The quantitative estimate of drug-likeness (QED) is 0.217. The van der Waals surface area contributed by atoms with Gasteiger partial charge in [0.1, 0.15) is 0 Å². The minimum atomic E-state index is -0.392. The van der Waals surface area contributed by atoms with Crippen LogP contribution in [-0.4, -0.2) is 34.4 Å². The molecule has 196 valence electrons. The molecule has 0 saturated carbocycles. The minimum absolute atomic E-state index is 0. The average Bonchev–Trinajstić information content (AvgIpc) is 3.54. The molecule has 0 fully saturated rings. The van der Waals surface area contributed by atoms with E-state index in [-0.39, 0.29) is 16.9 Å². The van der Waals surface area contributed by atoms with Crippen molar-refractivity contribution in [2.75, 3.05) is 0 Å². The third kappa shape index (κ3) is 6.12. The zero-order valence-electron chi connectivity index (χ0n) is 20.6. The molecule has 2 aromatic heterocycles. The zero-order chi connectivity index (χ0) is 26.5. The van der Waals surface area contributed by atoms with Crippen LogP contribution >= 0.6 is 0 Å². The zero-order valence-corrected chi connectivity index (χ0v) is 20.6. The van der Waals surface area contributed by atoms with Crippen LogP contribution in [0.1, 0.15) is 11.1 Å². The molecule has 11 heteroatoms. The van der Waals surface area contributed by atoms with Crippen molar-refractivity contribution < 1.29 is 15.3 Å². The molecule has 0 spiro atoms. The van der Waals surface area contributed by atoms with Gasteiger partial charge in [0.05, 0.1) is 44.6 Å². The van der Waals surface area contributed by atoms with Crippen LogP contribution in [0.5, 0.6) is 0 Å². The topological polar surface area (TPSA) is 153 Å². The molecule has 0 radical (unpaired) electrons. The first-order valence-electron chi connectivity index (χ1n) is 11.7. The Hall–Kier alpha value is -5.42. The number of non-ortho nitro benzene ring substituents is 2. The Morgan fingerprint density at radius 2 is 0.923 bits per heavy atom. The molecular weight excluding hydrogens is 500 g/mol. The van der Waals surface area contributed by atoms with Gasteiger partial charge in [-0.15, -0.1) is 0 Å². The lowest BCUT2D eigenvalue weighted by molar-refractivity contribution is -0.385. The van der Waals surface area contributed by atoms with Gasteiger partial charge < -0.3 is 14.6 Å². The number of nitrogens with zero attached hydrogens (tertiary/aromatic N) is 6.